The van der Waals surface area contributed by atoms with Crippen LogP contribution in [0.1, 0.15) is 19.2 Å². The maximum absolute atomic E-state index is 5.88. The predicted molar refractivity (Wildman–Crippen MR) is 68.5 cm³/mol. The quantitative estimate of drug-likeness (QED) is 0.648. The van der Waals surface area contributed by atoms with Gasteiger partial charge in [-0.15, -0.1) is 16.9 Å². The number of nitrogens with zero attached hydrogens (tertiary/aromatic N) is 4. The Labute approximate surface area is 104 Å². The summed E-state index contributed by atoms with van der Waals surface area (Å²) in [6, 6.07) is 7.82. The molecule has 17 heavy (non-hydrogen) atoms. The van der Waals surface area contributed by atoms with Crippen molar-refractivity contribution in [2.45, 2.75) is 30.5 Å². The molecule has 5 nitrogen and oxygen atoms in total. The second-order valence-electron chi connectivity index (χ2n) is 3.64. The van der Waals surface area contributed by atoms with Gasteiger partial charge in [0.15, 0.2) is 5.82 Å². The van der Waals surface area contributed by atoms with Crippen molar-refractivity contribution >= 4 is 17.4 Å². The molecule has 0 radical (unpaired) electrons. The largest absolute Gasteiger partial charge is 0.398 e. The Morgan fingerprint density at radius 2 is 2.18 bits per heavy atom. The summed E-state index contributed by atoms with van der Waals surface area (Å²) in [6.45, 7) is 2.96. The molecule has 0 bridgehead atoms. The molecule has 1 heterocycles. The molecule has 6 heteroatoms. The van der Waals surface area contributed by atoms with Crippen LogP contribution < -0.4 is 5.73 Å². The molecule has 2 aromatic rings. The van der Waals surface area contributed by atoms with Gasteiger partial charge in [-0.2, -0.15) is 0 Å². The fraction of sp³-hybridized carbons (Fsp3) is 0.364. The minimum atomic E-state index is 0.737. The average molecular weight is 249 g/mol. The van der Waals surface area contributed by atoms with Gasteiger partial charge < -0.3 is 5.73 Å². The lowest BCUT2D eigenvalue weighted by Gasteiger charge is -2.05. The molecule has 0 spiro atoms. The van der Waals surface area contributed by atoms with Crippen LogP contribution in [-0.4, -0.2) is 20.2 Å². The van der Waals surface area contributed by atoms with Gasteiger partial charge in [-0.1, -0.05) is 19.1 Å². The van der Waals surface area contributed by atoms with E-state index in [2.05, 4.69) is 22.4 Å². The molecule has 1 aromatic heterocycles. The van der Waals surface area contributed by atoms with Crippen molar-refractivity contribution in [3.05, 3.63) is 30.1 Å². The van der Waals surface area contributed by atoms with Crippen LogP contribution in [0.5, 0.6) is 0 Å². The van der Waals surface area contributed by atoms with Crippen LogP contribution in [0, 0.1) is 0 Å². The van der Waals surface area contributed by atoms with E-state index in [1.165, 1.54) is 0 Å². The van der Waals surface area contributed by atoms with Crippen LogP contribution >= 0.6 is 11.8 Å². The van der Waals surface area contributed by atoms with E-state index >= 15 is 0 Å². The second kappa shape index (κ2) is 5.67. The summed E-state index contributed by atoms with van der Waals surface area (Å²) in [4.78, 5) is 1.07. The Kier molecular flexibility index (Phi) is 3.98. The van der Waals surface area contributed by atoms with Gasteiger partial charge in [-0.25, -0.2) is 4.68 Å². The zero-order chi connectivity index (χ0) is 12.1. The van der Waals surface area contributed by atoms with Gasteiger partial charge >= 0.3 is 0 Å². The fourth-order valence-electron chi connectivity index (χ4n) is 1.47. The van der Waals surface area contributed by atoms with Crippen molar-refractivity contribution in [1.29, 1.82) is 0 Å². The highest BCUT2D eigenvalue weighted by Gasteiger charge is 2.06. The van der Waals surface area contributed by atoms with E-state index in [-0.39, 0.29) is 0 Å². The van der Waals surface area contributed by atoms with Crippen LogP contribution in [0.4, 0.5) is 5.69 Å². The molecule has 0 fully saturated rings. The molecule has 0 saturated heterocycles. The molecule has 0 atom stereocenters. The third-order valence-corrected chi connectivity index (χ3v) is 3.40. The monoisotopic (exact) mass is 249 g/mol. The zero-order valence-electron chi connectivity index (χ0n) is 9.71. The molecule has 0 saturated carbocycles. The number of anilines is 1. The van der Waals surface area contributed by atoms with Crippen molar-refractivity contribution in [3.8, 4) is 0 Å². The Balaban J connectivity index is 2.02. The van der Waals surface area contributed by atoms with E-state index in [9.17, 15) is 0 Å². The summed E-state index contributed by atoms with van der Waals surface area (Å²) >= 11 is 1.66. The van der Waals surface area contributed by atoms with Crippen LogP contribution in [0.15, 0.2) is 29.2 Å². The molecule has 0 unspecified atom stereocenters. The highest BCUT2D eigenvalue weighted by molar-refractivity contribution is 7.98. The lowest BCUT2D eigenvalue weighted by molar-refractivity contribution is 0.564. The lowest BCUT2D eigenvalue weighted by atomic mass is 10.3. The first-order valence-electron chi connectivity index (χ1n) is 5.53. The summed E-state index contributed by atoms with van der Waals surface area (Å²) < 4.78 is 1.84. The number of nitrogens with two attached hydrogens (primary N) is 1. The van der Waals surface area contributed by atoms with Crippen molar-refractivity contribution in [2.24, 2.45) is 0 Å². The molecular weight excluding hydrogens is 234 g/mol. The lowest BCUT2D eigenvalue weighted by Crippen LogP contribution is -2.04. The molecule has 0 aliphatic heterocycles. The van der Waals surface area contributed by atoms with Crippen molar-refractivity contribution in [1.82, 2.24) is 20.2 Å². The van der Waals surface area contributed by atoms with Crippen LogP contribution in [0.2, 0.25) is 0 Å². The minimum absolute atomic E-state index is 0.737. The Morgan fingerprint density at radius 3 is 2.94 bits per heavy atom. The summed E-state index contributed by atoms with van der Waals surface area (Å²) in [7, 11) is 0. The number of hydrogen-bond acceptors (Lipinski definition) is 5. The van der Waals surface area contributed by atoms with Crippen molar-refractivity contribution < 1.29 is 0 Å². The third kappa shape index (κ3) is 2.97. The number of aryl methyl sites for hydroxylation is 1. The second-order valence-corrected chi connectivity index (χ2v) is 4.66. The number of aromatic nitrogens is 4. The van der Waals surface area contributed by atoms with Crippen LogP contribution in [0.3, 0.4) is 0 Å². The molecule has 90 valence electrons. The molecule has 0 amide bonds. The van der Waals surface area contributed by atoms with Gasteiger partial charge in [0.25, 0.3) is 0 Å². The van der Waals surface area contributed by atoms with Gasteiger partial charge in [0.05, 0.1) is 5.75 Å². The molecule has 1 aromatic carbocycles. The van der Waals surface area contributed by atoms with Gasteiger partial charge in [-0.3, -0.25) is 0 Å². The normalized spacial score (nSPS) is 10.6. The first kappa shape index (κ1) is 11.9. The van der Waals surface area contributed by atoms with Gasteiger partial charge in [-0.05, 0) is 29.0 Å². The van der Waals surface area contributed by atoms with Crippen molar-refractivity contribution in [3.63, 3.8) is 0 Å². The number of thioether (sulfide) groups is 1. The summed E-state index contributed by atoms with van der Waals surface area (Å²) in [5.74, 6) is 1.63. The van der Waals surface area contributed by atoms with Crippen LogP contribution in [-0.2, 0) is 12.3 Å². The molecule has 0 aliphatic carbocycles. The maximum Gasteiger partial charge on any atom is 0.161 e. The van der Waals surface area contributed by atoms with E-state index in [0.717, 1.165) is 35.1 Å². The van der Waals surface area contributed by atoms with E-state index in [1.807, 2.05) is 28.9 Å². The third-order valence-electron chi connectivity index (χ3n) is 2.32. The highest BCUT2D eigenvalue weighted by Crippen LogP contribution is 2.26. The number of rotatable bonds is 5. The SMILES string of the molecule is CCCn1nnnc1CSc1ccccc1N. The minimum Gasteiger partial charge on any atom is -0.398 e. The first-order valence-corrected chi connectivity index (χ1v) is 6.52. The number of hydrogen-bond donors (Lipinski definition) is 1. The smallest absolute Gasteiger partial charge is 0.161 e. The number of tetrazole rings is 1. The average Bonchev–Trinajstić information content (AvgIpc) is 2.76. The van der Waals surface area contributed by atoms with E-state index in [4.69, 9.17) is 5.73 Å². The standard InChI is InChI=1S/C11H15N5S/c1-2-7-16-11(13-14-15-16)8-17-10-6-4-3-5-9(10)12/h3-6H,2,7-8,12H2,1H3. The summed E-state index contributed by atoms with van der Waals surface area (Å²) in [5.41, 5.74) is 6.68. The van der Waals surface area contributed by atoms with Gasteiger partial charge in [0, 0.05) is 17.1 Å². The molecule has 0 aliphatic rings. The van der Waals surface area contributed by atoms with E-state index < -0.39 is 0 Å². The summed E-state index contributed by atoms with van der Waals surface area (Å²) in [5, 5.41) is 11.7. The fourth-order valence-corrected chi connectivity index (χ4v) is 2.37. The van der Waals surface area contributed by atoms with Gasteiger partial charge in [0.1, 0.15) is 0 Å². The Hall–Kier alpha value is -1.56. The number of para-hydroxylation sites is 1. The van der Waals surface area contributed by atoms with E-state index in [1.54, 1.807) is 11.8 Å². The summed E-state index contributed by atoms with van der Waals surface area (Å²) in [6.07, 6.45) is 1.02. The Morgan fingerprint density at radius 1 is 1.35 bits per heavy atom. The number of nitrogen functional groups attached to an aromatic ring is 1. The molecular formula is C11H15N5S. The highest BCUT2D eigenvalue weighted by atomic mass is 32.2. The van der Waals surface area contributed by atoms with Crippen molar-refractivity contribution in [2.75, 3.05) is 5.73 Å². The first-order chi connectivity index (χ1) is 8.31. The topological polar surface area (TPSA) is 69.6 Å². The molecule has 2 rings (SSSR count). The predicted octanol–water partition coefficient (Wildman–Crippen LogP) is 1.96. The molecule has 2 N–H and O–H groups in total. The maximum atomic E-state index is 5.88. The Bertz CT molecular complexity index is 482. The van der Waals surface area contributed by atoms with Crippen LogP contribution in [0.25, 0.3) is 0 Å². The van der Waals surface area contributed by atoms with E-state index in [0.29, 0.717) is 0 Å². The zero-order valence-corrected chi connectivity index (χ0v) is 10.5. The van der Waals surface area contributed by atoms with Gasteiger partial charge in [0.2, 0.25) is 0 Å². The number of benzene rings is 1.